The third-order valence-corrected chi connectivity index (χ3v) is 2.98. The average molecular weight is 392 g/mol. The molecular formula is C17H28O10. The van der Waals surface area contributed by atoms with Gasteiger partial charge in [-0.15, -0.1) is 0 Å². The molecule has 0 radical (unpaired) electrons. The first-order chi connectivity index (χ1) is 12.6. The number of carboxylic acid groups (broad SMARTS) is 1. The molecule has 0 saturated heterocycles. The van der Waals surface area contributed by atoms with E-state index in [4.69, 9.17) is 5.11 Å². The third kappa shape index (κ3) is 21.3. The molecule has 0 bridgehead atoms. The first-order valence-electron chi connectivity index (χ1n) is 8.24. The lowest BCUT2D eigenvalue weighted by atomic mass is 10.1. The topological polar surface area (TPSA) is 142 Å². The van der Waals surface area contributed by atoms with Crippen LogP contribution >= 0.6 is 0 Å². The number of rotatable bonds is 11. The van der Waals surface area contributed by atoms with Crippen molar-refractivity contribution in [2.24, 2.45) is 5.92 Å². The van der Waals surface area contributed by atoms with E-state index in [0.717, 1.165) is 0 Å². The molecule has 0 atom stereocenters. The third-order valence-electron chi connectivity index (χ3n) is 2.98. The fraction of sp³-hybridized carbons (Fsp3) is 0.706. The molecule has 0 amide bonds. The van der Waals surface area contributed by atoms with Gasteiger partial charge in [0.25, 0.3) is 0 Å². The monoisotopic (exact) mass is 392 g/mol. The molecule has 10 nitrogen and oxygen atoms in total. The number of unbranched alkanes of at least 4 members (excludes halogenated alkanes) is 1. The molecule has 1 N–H and O–H groups in total. The smallest absolute Gasteiger partial charge is 0.305 e. The van der Waals surface area contributed by atoms with Gasteiger partial charge in [-0.1, -0.05) is 0 Å². The van der Waals surface area contributed by atoms with Crippen LogP contribution in [0.3, 0.4) is 0 Å². The van der Waals surface area contributed by atoms with Crippen LogP contribution in [0.1, 0.15) is 46.0 Å². The van der Waals surface area contributed by atoms with Gasteiger partial charge in [0.05, 0.1) is 33.9 Å². The molecule has 156 valence electrons. The van der Waals surface area contributed by atoms with Crippen molar-refractivity contribution in [3.63, 3.8) is 0 Å². The highest BCUT2D eigenvalue weighted by Crippen LogP contribution is 2.05. The summed E-state index contributed by atoms with van der Waals surface area (Å²) in [6, 6.07) is 0. The molecule has 0 aliphatic heterocycles. The molecule has 0 heterocycles. The van der Waals surface area contributed by atoms with Gasteiger partial charge in [-0.2, -0.15) is 0 Å². The number of methoxy groups -OCH3 is 2. The molecule has 0 aromatic heterocycles. The summed E-state index contributed by atoms with van der Waals surface area (Å²) in [6.07, 6.45) is 1.87. The Morgan fingerprint density at radius 3 is 1.41 bits per heavy atom. The van der Waals surface area contributed by atoms with Gasteiger partial charge >= 0.3 is 29.8 Å². The number of hydrogen-bond acceptors (Lipinski definition) is 9. The fourth-order valence-electron chi connectivity index (χ4n) is 1.63. The van der Waals surface area contributed by atoms with E-state index in [9.17, 15) is 24.0 Å². The van der Waals surface area contributed by atoms with E-state index in [2.05, 4.69) is 18.9 Å². The van der Waals surface area contributed by atoms with Crippen LogP contribution in [-0.2, 0) is 42.9 Å². The molecular weight excluding hydrogens is 364 g/mol. The van der Waals surface area contributed by atoms with Gasteiger partial charge in [-0.3, -0.25) is 24.0 Å². The Kier molecular flexibility index (Phi) is 16.5. The van der Waals surface area contributed by atoms with E-state index in [1.807, 2.05) is 0 Å². The second-order valence-corrected chi connectivity index (χ2v) is 5.43. The Balaban J connectivity index is 0. The fourth-order valence-corrected chi connectivity index (χ4v) is 1.63. The molecule has 10 heteroatoms. The Bertz CT molecular complexity index is 450. The second-order valence-electron chi connectivity index (χ2n) is 5.43. The second kappa shape index (κ2) is 16.8. The number of carbonyl (C=O) groups is 5. The van der Waals surface area contributed by atoms with Crippen molar-refractivity contribution in [2.45, 2.75) is 46.0 Å². The van der Waals surface area contributed by atoms with Gasteiger partial charge in [0.1, 0.15) is 0 Å². The number of aliphatic carboxylic acids is 1. The Hall–Kier alpha value is -2.65. The molecule has 0 spiro atoms. The van der Waals surface area contributed by atoms with Crippen molar-refractivity contribution < 1.29 is 48.0 Å². The van der Waals surface area contributed by atoms with Crippen molar-refractivity contribution in [1.29, 1.82) is 0 Å². The normalized spacial score (nSPS) is 9.52. The average Bonchev–Trinajstić information content (AvgIpc) is 2.60. The van der Waals surface area contributed by atoms with Crippen LogP contribution < -0.4 is 0 Å². The lowest BCUT2D eigenvalue weighted by Crippen LogP contribution is -2.22. The van der Waals surface area contributed by atoms with Gasteiger partial charge in [-0.05, 0) is 12.8 Å². The maximum atomic E-state index is 10.6. The van der Waals surface area contributed by atoms with Crippen molar-refractivity contribution in [2.75, 3.05) is 27.4 Å². The van der Waals surface area contributed by atoms with Crippen molar-refractivity contribution in [3.05, 3.63) is 0 Å². The van der Waals surface area contributed by atoms with Crippen LogP contribution in [0.5, 0.6) is 0 Å². The van der Waals surface area contributed by atoms with E-state index in [1.165, 1.54) is 28.1 Å². The molecule has 0 fully saturated rings. The summed E-state index contributed by atoms with van der Waals surface area (Å²) in [5.74, 6) is -2.99. The maximum Gasteiger partial charge on any atom is 0.305 e. The first kappa shape index (κ1) is 26.6. The summed E-state index contributed by atoms with van der Waals surface area (Å²) in [5, 5.41) is 8.53. The van der Waals surface area contributed by atoms with Gasteiger partial charge in [-0.25, -0.2) is 0 Å². The number of esters is 4. The SMILES string of the molecule is CC(=O)OCC(COC(C)=O)CC(=O)O.COC(=O)CCCCC(=O)OC. The van der Waals surface area contributed by atoms with E-state index >= 15 is 0 Å². The highest BCUT2D eigenvalue weighted by Gasteiger charge is 2.16. The molecule has 0 aromatic carbocycles. The largest absolute Gasteiger partial charge is 0.481 e. The van der Waals surface area contributed by atoms with Crippen LogP contribution in [-0.4, -0.2) is 62.4 Å². The summed E-state index contributed by atoms with van der Waals surface area (Å²) < 4.78 is 18.1. The lowest BCUT2D eigenvalue weighted by Gasteiger charge is -2.13. The van der Waals surface area contributed by atoms with E-state index in [1.54, 1.807) is 0 Å². The lowest BCUT2D eigenvalue weighted by molar-refractivity contribution is -0.150. The zero-order valence-electron chi connectivity index (χ0n) is 16.1. The first-order valence-corrected chi connectivity index (χ1v) is 8.24. The highest BCUT2D eigenvalue weighted by atomic mass is 16.5. The van der Waals surface area contributed by atoms with Gasteiger partial charge in [0.15, 0.2) is 0 Å². The highest BCUT2D eigenvalue weighted by molar-refractivity contribution is 5.70. The van der Waals surface area contributed by atoms with Crippen LogP contribution in [0.25, 0.3) is 0 Å². The summed E-state index contributed by atoms with van der Waals surface area (Å²) >= 11 is 0. The summed E-state index contributed by atoms with van der Waals surface area (Å²) in [7, 11) is 2.70. The minimum atomic E-state index is -1.03. The number of carboxylic acids is 1. The minimum absolute atomic E-state index is 0.0606. The Morgan fingerprint density at radius 1 is 0.778 bits per heavy atom. The molecule has 0 unspecified atom stereocenters. The van der Waals surface area contributed by atoms with Gasteiger partial charge in [0.2, 0.25) is 0 Å². The van der Waals surface area contributed by atoms with E-state index in [-0.39, 0.29) is 31.6 Å². The molecule has 0 aliphatic carbocycles. The van der Waals surface area contributed by atoms with Crippen molar-refractivity contribution in [3.8, 4) is 0 Å². The van der Waals surface area contributed by atoms with Gasteiger partial charge in [0, 0.05) is 32.6 Å². The summed E-state index contributed by atoms with van der Waals surface area (Å²) in [5.41, 5.74) is 0. The number of carbonyl (C=O) groups excluding carboxylic acids is 4. The predicted molar refractivity (Wildman–Crippen MR) is 91.5 cm³/mol. The van der Waals surface area contributed by atoms with Crippen molar-refractivity contribution >= 4 is 29.8 Å². The quantitative estimate of drug-likeness (QED) is 0.308. The number of hydrogen-bond donors (Lipinski definition) is 1. The van der Waals surface area contributed by atoms with Crippen LogP contribution in [0, 0.1) is 5.92 Å². The zero-order chi connectivity index (χ0) is 21.2. The van der Waals surface area contributed by atoms with Crippen LogP contribution in [0.15, 0.2) is 0 Å². The zero-order valence-corrected chi connectivity index (χ0v) is 16.1. The molecule has 27 heavy (non-hydrogen) atoms. The molecule has 0 saturated carbocycles. The minimum Gasteiger partial charge on any atom is -0.481 e. The maximum absolute atomic E-state index is 10.6. The predicted octanol–water partition coefficient (Wildman–Crippen LogP) is 1.10. The van der Waals surface area contributed by atoms with Crippen molar-refractivity contribution in [1.82, 2.24) is 0 Å². The Labute approximate surface area is 158 Å². The summed E-state index contributed by atoms with van der Waals surface area (Å²) in [4.78, 5) is 52.6. The molecule has 0 aromatic rings. The van der Waals surface area contributed by atoms with Gasteiger partial charge < -0.3 is 24.1 Å². The molecule has 0 aliphatic rings. The standard InChI is InChI=1S/C9H14O6.C8H14O4/c1-6(10)14-4-8(3-9(12)13)5-15-7(2)11;1-11-7(9)5-3-4-6-8(10)12-2/h8H,3-5H2,1-2H3,(H,12,13);3-6H2,1-2H3. The van der Waals surface area contributed by atoms with Crippen LogP contribution in [0.2, 0.25) is 0 Å². The van der Waals surface area contributed by atoms with E-state index < -0.39 is 23.8 Å². The summed E-state index contributed by atoms with van der Waals surface area (Å²) in [6.45, 7) is 2.33. The van der Waals surface area contributed by atoms with E-state index in [0.29, 0.717) is 25.7 Å². The Morgan fingerprint density at radius 2 is 1.15 bits per heavy atom. The molecule has 0 rings (SSSR count). The van der Waals surface area contributed by atoms with Crippen LogP contribution in [0.4, 0.5) is 0 Å². The number of ether oxygens (including phenoxy) is 4.